The molecule has 0 radical (unpaired) electrons. The van der Waals surface area contributed by atoms with Crippen LogP contribution in [0.25, 0.3) is 0 Å². The molecule has 0 spiro atoms. The standard InChI is InChI=1S/C14H17NO4/c1-18-12-8-11(14(17)19-2)4-3-9(12)7-10-5-6-15-13(10)16/h3-4,8,10H,5-7H2,1-2H3,(H,15,16). The molecule has 1 N–H and O–H groups in total. The van der Waals surface area contributed by atoms with Crippen LogP contribution >= 0.6 is 0 Å². The Morgan fingerprint density at radius 3 is 2.79 bits per heavy atom. The molecular formula is C14H17NO4. The third kappa shape index (κ3) is 2.86. The van der Waals surface area contributed by atoms with Gasteiger partial charge in [-0.15, -0.1) is 0 Å². The van der Waals surface area contributed by atoms with Crippen molar-refractivity contribution in [1.82, 2.24) is 5.32 Å². The molecule has 19 heavy (non-hydrogen) atoms. The number of rotatable bonds is 4. The van der Waals surface area contributed by atoms with Gasteiger partial charge in [-0.2, -0.15) is 0 Å². The van der Waals surface area contributed by atoms with Crippen LogP contribution in [0.15, 0.2) is 18.2 Å². The minimum absolute atomic E-state index is 0.0159. The van der Waals surface area contributed by atoms with Crippen LogP contribution in [0.3, 0.4) is 0 Å². The van der Waals surface area contributed by atoms with Gasteiger partial charge in [0, 0.05) is 12.5 Å². The summed E-state index contributed by atoms with van der Waals surface area (Å²) in [5.41, 5.74) is 1.37. The average molecular weight is 263 g/mol. The van der Waals surface area contributed by atoms with Crippen molar-refractivity contribution in [3.8, 4) is 5.75 Å². The first-order valence-electron chi connectivity index (χ1n) is 6.18. The molecular weight excluding hydrogens is 246 g/mol. The summed E-state index contributed by atoms with van der Waals surface area (Å²) in [4.78, 5) is 23.0. The van der Waals surface area contributed by atoms with Crippen LogP contribution in [-0.4, -0.2) is 32.6 Å². The molecule has 1 aliphatic heterocycles. The molecule has 1 atom stereocenters. The van der Waals surface area contributed by atoms with Crippen molar-refractivity contribution in [3.63, 3.8) is 0 Å². The lowest BCUT2D eigenvalue weighted by Gasteiger charge is -2.12. The van der Waals surface area contributed by atoms with E-state index in [-0.39, 0.29) is 11.8 Å². The second-order valence-corrected chi connectivity index (χ2v) is 4.50. The highest BCUT2D eigenvalue weighted by molar-refractivity contribution is 5.90. The zero-order valence-corrected chi connectivity index (χ0v) is 11.1. The summed E-state index contributed by atoms with van der Waals surface area (Å²) in [6.45, 7) is 0.728. The normalized spacial score (nSPS) is 18.0. The molecule has 1 amide bonds. The highest BCUT2D eigenvalue weighted by atomic mass is 16.5. The lowest BCUT2D eigenvalue weighted by Crippen LogP contribution is -2.20. The van der Waals surface area contributed by atoms with E-state index in [0.29, 0.717) is 17.7 Å². The molecule has 1 fully saturated rings. The fourth-order valence-electron chi connectivity index (χ4n) is 2.26. The van der Waals surface area contributed by atoms with E-state index in [4.69, 9.17) is 4.74 Å². The number of hydrogen-bond acceptors (Lipinski definition) is 4. The second kappa shape index (κ2) is 5.73. The summed E-state index contributed by atoms with van der Waals surface area (Å²) in [5, 5.41) is 2.81. The summed E-state index contributed by atoms with van der Waals surface area (Å²) in [6, 6.07) is 5.15. The van der Waals surface area contributed by atoms with Crippen LogP contribution in [0.4, 0.5) is 0 Å². The van der Waals surface area contributed by atoms with Crippen LogP contribution in [0.1, 0.15) is 22.3 Å². The Hall–Kier alpha value is -2.04. The quantitative estimate of drug-likeness (QED) is 0.828. The maximum Gasteiger partial charge on any atom is 0.337 e. The lowest BCUT2D eigenvalue weighted by atomic mass is 9.96. The Balaban J connectivity index is 2.20. The smallest absolute Gasteiger partial charge is 0.337 e. The first kappa shape index (κ1) is 13.4. The molecule has 1 aromatic carbocycles. The molecule has 5 nitrogen and oxygen atoms in total. The molecule has 1 heterocycles. The molecule has 0 aromatic heterocycles. The van der Waals surface area contributed by atoms with E-state index in [0.717, 1.165) is 18.5 Å². The predicted octanol–water partition coefficient (Wildman–Crippen LogP) is 1.16. The molecule has 1 saturated heterocycles. The van der Waals surface area contributed by atoms with Gasteiger partial charge < -0.3 is 14.8 Å². The molecule has 1 aliphatic rings. The van der Waals surface area contributed by atoms with Crippen LogP contribution in [0, 0.1) is 5.92 Å². The zero-order chi connectivity index (χ0) is 13.8. The van der Waals surface area contributed by atoms with Gasteiger partial charge in [-0.1, -0.05) is 6.07 Å². The lowest BCUT2D eigenvalue weighted by molar-refractivity contribution is -0.122. The van der Waals surface area contributed by atoms with E-state index >= 15 is 0 Å². The summed E-state index contributed by atoms with van der Waals surface area (Å²) >= 11 is 0. The van der Waals surface area contributed by atoms with E-state index in [1.807, 2.05) is 6.07 Å². The maximum atomic E-state index is 11.6. The van der Waals surface area contributed by atoms with E-state index in [9.17, 15) is 9.59 Å². The topological polar surface area (TPSA) is 64.6 Å². The molecule has 0 bridgehead atoms. The van der Waals surface area contributed by atoms with E-state index in [1.54, 1.807) is 19.2 Å². The van der Waals surface area contributed by atoms with Gasteiger partial charge in [0.25, 0.3) is 0 Å². The zero-order valence-electron chi connectivity index (χ0n) is 11.1. The van der Waals surface area contributed by atoms with Gasteiger partial charge >= 0.3 is 5.97 Å². The Bertz CT molecular complexity index is 498. The Morgan fingerprint density at radius 2 is 2.21 bits per heavy atom. The number of hydrogen-bond donors (Lipinski definition) is 1. The van der Waals surface area contributed by atoms with Crippen LogP contribution in [0.5, 0.6) is 5.75 Å². The van der Waals surface area contributed by atoms with Crippen molar-refractivity contribution in [2.45, 2.75) is 12.8 Å². The fourth-order valence-corrected chi connectivity index (χ4v) is 2.26. The van der Waals surface area contributed by atoms with Crippen LogP contribution in [0.2, 0.25) is 0 Å². The third-order valence-corrected chi connectivity index (χ3v) is 3.34. The fraction of sp³-hybridized carbons (Fsp3) is 0.429. The molecule has 0 saturated carbocycles. The number of esters is 1. The van der Waals surface area contributed by atoms with Crippen LogP contribution in [-0.2, 0) is 16.0 Å². The summed E-state index contributed by atoms with van der Waals surface area (Å²) in [5.74, 6) is 0.281. The Labute approximate surface area is 111 Å². The summed E-state index contributed by atoms with van der Waals surface area (Å²) in [7, 11) is 2.89. The largest absolute Gasteiger partial charge is 0.496 e. The first-order valence-corrected chi connectivity index (χ1v) is 6.18. The second-order valence-electron chi connectivity index (χ2n) is 4.50. The van der Waals surface area contributed by atoms with Crippen LogP contribution < -0.4 is 10.1 Å². The van der Waals surface area contributed by atoms with E-state index in [2.05, 4.69) is 10.1 Å². The molecule has 0 aliphatic carbocycles. The Morgan fingerprint density at radius 1 is 1.42 bits per heavy atom. The van der Waals surface area contributed by atoms with Gasteiger partial charge in [-0.25, -0.2) is 4.79 Å². The van der Waals surface area contributed by atoms with Gasteiger partial charge in [0.1, 0.15) is 5.75 Å². The van der Waals surface area contributed by atoms with E-state index in [1.165, 1.54) is 7.11 Å². The summed E-state index contributed by atoms with van der Waals surface area (Å²) in [6.07, 6.45) is 1.46. The molecule has 2 rings (SSSR count). The van der Waals surface area contributed by atoms with Crippen molar-refractivity contribution < 1.29 is 19.1 Å². The van der Waals surface area contributed by atoms with Gasteiger partial charge in [0.05, 0.1) is 19.8 Å². The molecule has 5 heteroatoms. The molecule has 1 aromatic rings. The number of carbonyl (C=O) groups excluding carboxylic acids is 2. The Kier molecular flexibility index (Phi) is 4.04. The van der Waals surface area contributed by atoms with Gasteiger partial charge in [0.15, 0.2) is 0 Å². The number of carbonyl (C=O) groups is 2. The molecule has 1 unspecified atom stereocenters. The summed E-state index contributed by atoms with van der Waals surface area (Å²) < 4.78 is 9.95. The number of amides is 1. The number of methoxy groups -OCH3 is 2. The van der Waals surface area contributed by atoms with Crippen molar-refractivity contribution in [1.29, 1.82) is 0 Å². The van der Waals surface area contributed by atoms with Crippen molar-refractivity contribution >= 4 is 11.9 Å². The highest BCUT2D eigenvalue weighted by Crippen LogP contribution is 2.26. The number of benzene rings is 1. The van der Waals surface area contributed by atoms with Crippen molar-refractivity contribution in [3.05, 3.63) is 29.3 Å². The number of nitrogens with one attached hydrogen (secondary N) is 1. The minimum Gasteiger partial charge on any atom is -0.496 e. The SMILES string of the molecule is COC(=O)c1ccc(CC2CCNC2=O)c(OC)c1. The molecule has 102 valence electrons. The van der Waals surface area contributed by atoms with Gasteiger partial charge in [-0.3, -0.25) is 4.79 Å². The number of ether oxygens (including phenoxy) is 2. The predicted molar refractivity (Wildman–Crippen MR) is 69.2 cm³/mol. The highest BCUT2D eigenvalue weighted by Gasteiger charge is 2.25. The van der Waals surface area contributed by atoms with Gasteiger partial charge in [0.2, 0.25) is 5.91 Å². The third-order valence-electron chi connectivity index (χ3n) is 3.34. The monoisotopic (exact) mass is 263 g/mol. The maximum absolute atomic E-state index is 11.6. The van der Waals surface area contributed by atoms with Gasteiger partial charge in [-0.05, 0) is 30.5 Å². The first-order chi connectivity index (χ1) is 9.15. The van der Waals surface area contributed by atoms with Crippen molar-refractivity contribution in [2.24, 2.45) is 5.92 Å². The minimum atomic E-state index is -0.400. The van der Waals surface area contributed by atoms with Crippen molar-refractivity contribution in [2.75, 3.05) is 20.8 Å². The average Bonchev–Trinajstić information content (AvgIpc) is 2.84. The van der Waals surface area contributed by atoms with E-state index < -0.39 is 5.97 Å².